The third kappa shape index (κ3) is 2.19. The Balaban J connectivity index is 3.38. The first kappa shape index (κ1) is 12.2. The molecule has 0 aliphatic carbocycles. The van der Waals surface area contributed by atoms with E-state index in [1.807, 2.05) is 6.07 Å². The fourth-order valence-electron chi connectivity index (χ4n) is 1.34. The summed E-state index contributed by atoms with van der Waals surface area (Å²) in [5.41, 5.74) is -0.189. The zero-order valence-electron chi connectivity index (χ0n) is 8.83. The topological polar surface area (TPSA) is 55.1 Å². The van der Waals surface area contributed by atoms with Crippen LogP contribution in [0.3, 0.4) is 0 Å². The minimum Gasteiger partial charge on any atom is -0.495 e. The van der Waals surface area contributed by atoms with Gasteiger partial charge in [0.05, 0.1) is 38.5 Å². The summed E-state index contributed by atoms with van der Waals surface area (Å²) in [6, 6.07) is 1.87. The number of nitrogens with zero attached hydrogens (tertiary/aromatic N) is 2. The first-order valence-corrected chi connectivity index (χ1v) is 4.40. The lowest BCUT2D eigenvalue weighted by atomic mass is 10.1. The maximum atomic E-state index is 12.6. The van der Waals surface area contributed by atoms with Crippen LogP contribution in [0.2, 0.25) is 0 Å². The van der Waals surface area contributed by atoms with Crippen molar-refractivity contribution in [2.45, 2.75) is 12.8 Å². The van der Waals surface area contributed by atoms with Crippen LogP contribution >= 0.6 is 0 Å². The van der Waals surface area contributed by atoms with Gasteiger partial charge in [-0.15, -0.1) is 0 Å². The first-order valence-electron chi connectivity index (χ1n) is 4.40. The van der Waals surface area contributed by atoms with Crippen molar-refractivity contribution in [2.24, 2.45) is 0 Å². The van der Waals surface area contributed by atoms with Crippen LogP contribution in [-0.2, 0) is 6.42 Å². The van der Waals surface area contributed by atoms with Crippen LogP contribution in [-0.4, -0.2) is 19.2 Å². The number of ether oxygens (including phenoxy) is 2. The molecule has 86 valence electrons. The largest absolute Gasteiger partial charge is 0.495 e. The number of nitriles is 1. The maximum absolute atomic E-state index is 12.6. The molecule has 6 heteroatoms. The van der Waals surface area contributed by atoms with Gasteiger partial charge < -0.3 is 9.47 Å². The first-order chi connectivity index (χ1) is 7.65. The highest BCUT2D eigenvalue weighted by molar-refractivity contribution is 5.48. The van der Waals surface area contributed by atoms with Gasteiger partial charge in [0.15, 0.2) is 5.75 Å². The Hall–Kier alpha value is -1.90. The van der Waals surface area contributed by atoms with Gasteiger partial charge in [0, 0.05) is 0 Å². The lowest BCUT2D eigenvalue weighted by molar-refractivity contribution is 0.141. The highest BCUT2D eigenvalue weighted by Crippen LogP contribution is 2.35. The summed E-state index contributed by atoms with van der Waals surface area (Å²) in [4.78, 5) is 3.55. The van der Waals surface area contributed by atoms with Crippen molar-refractivity contribution in [1.29, 1.82) is 5.26 Å². The Morgan fingerprint density at radius 2 is 2.12 bits per heavy atom. The fraction of sp³-hybridized carbons (Fsp3) is 0.400. The van der Waals surface area contributed by atoms with Crippen LogP contribution in [0, 0.1) is 11.3 Å². The number of alkyl halides is 2. The number of methoxy groups -OCH3 is 2. The SMILES string of the molecule is COc1cnc(C(F)F)c(OC)c1CC#N. The van der Waals surface area contributed by atoms with Crippen LogP contribution in [0.1, 0.15) is 17.7 Å². The molecule has 16 heavy (non-hydrogen) atoms. The minimum atomic E-state index is -2.75. The fourth-order valence-corrected chi connectivity index (χ4v) is 1.34. The summed E-state index contributed by atoms with van der Waals surface area (Å²) in [5, 5.41) is 8.62. The van der Waals surface area contributed by atoms with Gasteiger partial charge in [0.25, 0.3) is 6.43 Å². The van der Waals surface area contributed by atoms with Crippen molar-refractivity contribution in [3.8, 4) is 17.6 Å². The molecule has 0 amide bonds. The van der Waals surface area contributed by atoms with Crippen molar-refractivity contribution in [3.63, 3.8) is 0 Å². The van der Waals surface area contributed by atoms with E-state index >= 15 is 0 Å². The standard InChI is InChI=1S/C10H10F2N2O2/c1-15-7-5-14-8(10(11)12)9(16-2)6(7)3-4-13/h5,10H,3H2,1-2H3. The molecule has 0 saturated heterocycles. The van der Waals surface area contributed by atoms with E-state index < -0.39 is 12.1 Å². The number of rotatable bonds is 4. The van der Waals surface area contributed by atoms with E-state index in [0.29, 0.717) is 0 Å². The third-order valence-corrected chi connectivity index (χ3v) is 2.01. The zero-order valence-corrected chi connectivity index (χ0v) is 8.83. The lowest BCUT2D eigenvalue weighted by Crippen LogP contribution is -2.03. The molecule has 0 N–H and O–H groups in total. The molecule has 4 nitrogen and oxygen atoms in total. The highest BCUT2D eigenvalue weighted by atomic mass is 19.3. The molecule has 0 aliphatic rings. The van der Waals surface area contributed by atoms with Gasteiger partial charge in [-0.3, -0.25) is 0 Å². The van der Waals surface area contributed by atoms with Gasteiger partial charge in [0.1, 0.15) is 11.4 Å². The summed E-state index contributed by atoms with van der Waals surface area (Å²) in [5.74, 6) is 0.179. The lowest BCUT2D eigenvalue weighted by Gasteiger charge is -2.13. The normalized spacial score (nSPS) is 10.0. The quantitative estimate of drug-likeness (QED) is 0.791. The molecule has 1 heterocycles. The van der Waals surface area contributed by atoms with E-state index in [4.69, 9.17) is 14.7 Å². The average molecular weight is 228 g/mol. The van der Waals surface area contributed by atoms with Crippen molar-refractivity contribution < 1.29 is 18.3 Å². The van der Waals surface area contributed by atoms with Crippen LogP contribution in [0.25, 0.3) is 0 Å². The van der Waals surface area contributed by atoms with Crippen LogP contribution in [0.4, 0.5) is 8.78 Å². The Bertz CT molecular complexity index is 416. The molecule has 0 aliphatic heterocycles. The third-order valence-electron chi connectivity index (χ3n) is 2.01. The maximum Gasteiger partial charge on any atom is 0.284 e. The van der Waals surface area contributed by atoms with E-state index in [0.717, 1.165) is 6.20 Å². The van der Waals surface area contributed by atoms with E-state index in [1.165, 1.54) is 14.2 Å². The highest BCUT2D eigenvalue weighted by Gasteiger charge is 2.22. The predicted molar refractivity (Wildman–Crippen MR) is 51.6 cm³/mol. The molecule has 0 saturated carbocycles. The molecule has 0 bridgehead atoms. The van der Waals surface area contributed by atoms with Gasteiger partial charge in [-0.2, -0.15) is 5.26 Å². The number of hydrogen-bond donors (Lipinski definition) is 0. The van der Waals surface area contributed by atoms with Crippen molar-refractivity contribution >= 4 is 0 Å². The minimum absolute atomic E-state index is 0.0748. The van der Waals surface area contributed by atoms with Crippen molar-refractivity contribution in [1.82, 2.24) is 4.98 Å². The second-order valence-corrected chi connectivity index (χ2v) is 2.86. The smallest absolute Gasteiger partial charge is 0.284 e. The number of hydrogen-bond acceptors (Lipinski definition) is 4. The van der Waals surface area contributed by atoms with E-state index in [-0.39, 0.29) is 23.5 Å². The van der Waals surface area contributed by atoms with Crippen LogP contribution < -0.4 is 9.47 Å². The predicted octanol–water partition coefficient (Wildman–Crippen LogP) is 2.10. The number of aromatic nitrogens is 1. The monoisotopic (exact) mass is 228 g/mol. The van der Waals surface area contributed by atoms with Gasteiger partial charge in [-0.25, -0.2) is 13.8 Å². The Labute approximate surface area is 91.4 Å². The summed E-state index contributed by atoms with van der Waals surface area (Å²) in [6.07, 6.45) is -1.66. The zero-order chi connectivity index (χ0) is 12.1. The van der Waals surface area contributed by atoms with Gasteiger partial charge in [-0.05, 0) is 0 Å². The van der Waals surface area contributed by atoms with Crippen LogP contribution in [0.5, 0.6) is 11.5 Å². The van der Waals surface area contributed by atoms with E-state index in [9.17, 15) is 8.78 Å². The molecule has 0 atom stereocenters. The summed E-state index contributed by atoms with van der Waals surface area (Å²) >= 11 is 0. The Morgan fingerprint density at radius 1 is 1.44 bits per heavy atom. The molecule has 0 fully saturated rings. The van der Waals surface area contributed by atoms with Crippen LogP contribution in [0.15, 0.2) is 6.20 Å². The molecule has 1 aromatic rings. The molecular weight excluding hydrogens is 218 g/mol. The molecular formula is C10H10F2N2O2. The van der Waals surface area contributed by atoms with Gasteiger partial charge in [0.2, 0.25) is 0 Å². The van der Waals surface area contributed by atoms with Crippen molar-refractivity contribution in [2.75, 3.05) is 14.2 Å². The molecule has 0 aromatic carbocycles. The average Bonchev–Trinajstić information content (AvgIpc) is 2.28. The van der Waals surface area contributed by atoms with Gasteiger partial charge >= 0.3 is 0 Å². The second-order valence-electron chi connectivity index (χ2n) is 2.86. The molecule has 1 rings (SSSR count). The van der Waals surface area contributed by atoms with E-state index in [1.54, 1.807) is 0 Å². The number of halogens is 2. The number of pyridine rings is 1. The van der Waals surface area contributed by atoms with Gasteiger partial charge in [-0.1, -0.05) is 0 Å². The summed E-state index contributed by atoms with van der Waals surface area (Å²) in [6.45, 7) is 0. The second kappa shape index (κ2) is 5.26. The molecule has 1 aromatic heterocycles. The molecule has 0 spiro atoms. The molecule has 0 radical (unpaired) electrons. The Morgan fingerprint density at radius 3 is 2.56 bits per heavy atom. The van der Waals surface area contributed by atoms with Crippen molar-refractivity contribution in [3.05, 3.63) is 17.5 Å². The summed E-state index contributed by atoms with van der Waals surface area (Å²) < 4.78 is 35.0. The summed E-state index contributed by atoms with van der Waals surface area (Å²) in [7, 11) is 2.63. The van der Waals surface area contributed by atoms with E-state index in [2.05, 4.69) is 4.98 Å². The molecule has 0 unspecified atom stereocenters. The Kier molecular flexibility index (Phi) is 4.00.